The first kappa shape index (κ1) is 76.9. The summed E-state index contributed by atoms with van der Waals surface area (Å²) in [6, 6.07) is 22.9. The Labute approximate surface area is 559 Å². The van der Waals surface area contributed by atoms with Gasteiger partial charge in [0.2, 0.25) is 0 Å². The number of aromatic carboxylic acids is 1. The van der Waals surface area contributed by atoms with Crippen LogP contribution >= 0.6 is 84.7 Å². The van der Waals surface area contributed by atoms with Crippen molar-refractivity contribution in [3.8, 4) is 0 Å². The number of aromatic nitrogens is 9. The van der Waals surface area contributed by atoms with Crippen molar-refractivity contribution in [1.82, 2.24) is 56.2 Å². The number of nitrogens with zero attached hydrogens (tertiary/aromatic N) is 9. The molecule has 0 spiro atoms. The Morgan fingerprint density at radius 1 is 0.544 bits per heavy atom. The zero-order valence-electron chi connectivity index (χ0n) is 51.1. The molecule has 4 amide bonds. The Balaban J connectivity index is 0.000000324. The Bertz CT molecular complexity index is 3620. The largest absolute Gasteiger partial charge is 0.477 e. The SMILES string of the molecule is C.CBr.CC(C)(C)c1cc(N)nnc1Cl.CC(N)c1ncc(C(=O)Nc2cc(C(C)(C)C)c(Cl)nn2)s1.CC(NC(=O)OCc1ccccc1)c1ncc(C(=O)Nc2cc(C(C)(C)C)c(Cl)nn2)s1.CC(NC(=O)OCc1ccccc1)c1ncc(C(=O)O)s1. The number of carbonyl (C=O) groups excluding carboxylic acids is 4. The fourth-order valence-corrected chi connectivity index (χ4v) is 10.5. The van der Waals surface area contributed by atoms with Gasteiger partial charge in [-0.1, -0.05) is 181 Å². The van der Waals surface area contributed by atoms with Crippen LogP contribution in [0.3, 0.4) is 0 Å². The third-order valence-corrected chi connectivity index (χ3v) is 16.0. The van der Waals surface area contributed by atoms with Crippen LogP contribution in [0.5, 0.6) is 0 Å². The second-order valence-corrected chi connectivity index (χ2v) is 26.4. The van der Waals surface area contributed by atoms with E-state index in [1.54, 1.807) is 32.0 Å². The monoisotopic (exact) mass is 1410 g/mol. The summed E-state index contributed by atoms with van der Waals surface area (Å²) < 4.78 is 10.3. The number of alkyl carbamates (subject to hydrolysis) is 2. The second kappa shape index (κ2) is 35.9. The van der Waals surface area contributed by atoms with Crippen LogP contribution in [0.2, 0.25) is 15.5 Å². The maximum absolute atomic E-state index is 12.6. The smallest absolute Gasteiger partial charge is 0.408 e. The van der Waals surface area contributed by atoms with E-state index in [4.69, 9.17) is 60.9 Å². The van der Waals surface area contributed by atoms with Gasteiger partial charge in [-0.2, -0.15) is 0 Å². The normalized spacial score (nSPS) is 11.8. The first-order valence-electron chi connectivity index (χ1n) is 27.0. The number of carbonyl (C=O) groups is 5. The number of amides is 4. The number of carboxylic acid groups (broad SMARTS) is 1. The molecule has 8 rings (SSSR count). The van der Waals surface area contributed by atoms with Crippen LogP contribution in [0, 0.1) is 0 Å². The molecule has 0 aliphatic rings. The average molecular weight is 1420 g/mol. The third kappa shape index (κ3) is 25.1. The summed E-state index contributed by atoms with van der Waals surface area (Å²) in [7, 11) is 0. The van der Waals surface area contributed by atoms with Gasteiger partial charge in [-0.05, 0) is 72.2 Å². The molecule has 484 valence electrons. The van der Waals surface area contributed by atoms with Crippen molar-refractivity contribution in [2.24, 2.45) is 5.73 Å². The van der Waals surface area contributed by atoms with E-state index in [-0.39, 0.29) is 59.6 Å². The number of carboxylic acids is 1. The van der Waals surface area contributed by atoms with Gasteiger partial charge in [-0.3, -0.25) is 9.59 Å². The molecule has 30 heteroatoms. The maximum Gasteiger partial charge on any atom is 0.408 e. The highest BCUT2D eigenvalue weighted by Crippen LogP contribution is 2.32. The van der Waals surface area contributed by atoms with Crippen LogP contribution < -0.4 is 32.7 Å². The van der Waals surface area contributed by atoms with Gasteiger partial charge >= 0.3 is 18.2 Å². The highest BCUT2D eigenvalue weighted by Gasteiger charge is 2.25. The van der Waals surface area contributed by atoms with E-state index < -0.39 is 30.2 Å². The predicted molar refractivity (Wildman–Crippen MR) is 361 cm³/mol. The molecular formula is C60H75BrCl3N15O8S3. The van der Waals surface area contributed by atoms with E-state index >= 15 is 0 Å². The minimum atomic E-state index is -1.03. The molecule has 3 atom stereocenters. The summed E-state index contributed by atoms with van der Waals surface area (Å²) >= 11 is 24.4. The van der Waals surface area contributed by atoms with E-state index in [0.29, 0.717) is 57.7 Å². The molecule has 8 aromatic rings. The Hall–Kier alpha value is -7.37. The minimum Gasteiger partial charge on any atom is -0.477 e. The average Bonchev–Trinajstić information content (AvgIpc) is 1.30. The lowest BCUT2D eigenvalue weighted by atomic mass is 9.88. The summed E-state index contributed by atoms with van der Waals surface area (Å²) in [5.74, 6) is 1.18. The van der Waals surface area contributed by atoms with Gasteiger partial charge in [0.15, 0.2) is 27.1 Å². The number of nitrogens with two attached hydrogens (primary N) is 2. The van der Waals surface area contributed by atoms with Gasteiger partial charge in [-0.25, -0.2) is 29.3 Å². The molecule has 0 aliphatic carbocycles. The van der Waals surface area contributed by atoms with E-state index in [1.807, 2.05) is 115 Å². The molecular weight excluding hydrogens is 1340 g/mol. The van der Waals surface area contributed by atoms with Gasteiger partial charge in [-0.15, -0.1) is 64.6 Å². The molecule has 23 nitrogen and oxygen atoms in total. The highest BCUT2D eigenvalue weighted by molar-refractivity contribution is 9.08. The number of rotatable bonds is 14. The van der Waals surface area contributed by atoms with Gasteiger partial charge in [0.25, 0.3) is 11.8 Å². The van der Waals surface area contributed by atoms with Crippen LogP contribution in [-0.4, -0.2) is 86.5 Å². The Kier molecular flexibility index (Phi) is 30.6. The fourth-order valence-electron chi connectivity index (χ4n) is 6.99. The maximum atomic E-state index is 12.6. The minimum absolute atomic E-state index is 0. The molecule has 90 heavy (non-hydrogen) atoms. The molecule has 2 aromatic carbocycles. The fraction of sp³-hybridized carbons (Fsp3) is 0.367. The lowest BCUT2D eigenvalue weighted by Gasteiger charge is -2.20. The Morgan fingerprint density at radius 3 is 1.21 bits per heavy atom. The summed E-state index contributed by atoms with van der Waals surface area (Å²) in [5, 5.41) is 45.5. The zero-order valence-corrected chi connectivity index (χ0v) is 57.4. The number of hydrogen-bond acceptors (Lipinski definition) is 21. The number of halogens is 4. The van der Waals surface area contributed by atoms with Gasteiger partial charge in [0, 0.05) is 16.7 Å². The molecule has 6 heterocycles. The third-order valence-electron chi connectivity index (χ3n) is 11.6. The topological polar surface area (TPSA) is 340 Å². The number of anilines is 3. The van der Waals surface area contributed by atoms with Crippen molar-refractivity contribution in [2.75, 3.05) is 22.2 Å². The van der Waals surface area contributed by atoms with Gasteiger partial charge in [0.05, 0.1) is 36.7 Å². The molecule has 3 unspecified atom stereocenters. The van der Waals surface area contributed by atoms with Crippen molar-refractivity contribution >= 4 is 132 Å². The number of nitrogens with one attached hydrogen (secondary N) is 4. The summed E-state index contributed by atoms with van der Waals surface area (Å²) in [5.41, 5.74) is 15.1. The second-order valence-electron chi connectivity index (χ2n) is 22.1. The van der Waals surface area contributed by atoms with Gasteiger partial charge in [0.1, 0.15) is 48.7 Å². The van der Waals surface area contributed by atoms with Gasteiger partial charge < -0.3 is 47.3 Å². The number of nitrogen functional groups attached to an aromatic ring is 1. The summed E-state index contributed by atoms with van der Waals surface area (Å²) in [4.78, 5) is 72.7. The van der Waals surface area contributed by atoms with Crippen LogP contribution in [0.15, 0.2) is 97.5 Å². The van der Waals surface area contributed by atoms with Crippen molar-refractivity contribution in [2.45, 2.75) is 138 Å². The lowest BCUT2D eigenvalue weighted by Crippen LogP contribution is -2.27. The number of thiazole rings is 3. The molecule has 6 aromatic heterocycles. The van der Waals surface area contributed by atoms with Crippen molar-refractivity contribution in [3.63, 3.8) is 0 Å². The van der Waals surface area contributed by atoms with E-state index in [0.717, 1.165) is 39.2 Å². The zero-order chi connectivity index (χ0) is 66.4. The van der Waals surface area contributed by atoms with Crippen LogP contribution in [0.4, 0.5) is 27.0 Å². The predicted octanol–water partition coefficient (Wildman–Crippen LogP) is 14.8. The molecule has 0 saturated carbocycles. The number of hydrogen-bond donors (Lipinski definition) is 7. The van der Waals surface area contributed by atoms with E-state index in [2.05, 4.69) is 104 Å². The summed E-state index contributed by atoms with van der Waals surface area (Å²) in [6.07, 6.45) is 3.10. The first-order valence-corrected chi connectivity index (χ1v) is 32.1. The Morgan fingerprint density at radius 2 is 0.878 bits per heavy atom. The number of benzene rings is 2. The van der Waals surface area contributed by atoms with E-state index in [9.17, 15) is 24.0 Å². The molecule has 0 radical (unpaired) electrons. The molecule has 9 N–H and O–H groups in total. The van der Waals surface area contributed by atoms with Crippen LogP contribution in [-0.2, 0) is 38.9 Å². The standard InChI is InChI=1S/C22H24ClN5O3S.C14H18ClN5OS.C14H14N2O4S.C8H12ClN3.CH3Br.CH4/c1-13(25-21(30)31-12-14-8-6-5-7-9-14)20-24-11-16(32-20)19(29)26-17-10-15(22(2,3)4)18(23)28-27-17;1-7(16)13-17-6-9(22-13)12(21)18-10-5-8(14(2,3)4)11(15)20-19-10;1-9(12-15-7-11(21-12)13(17)18)16-14(19)20-8-10-5-3-2-4-6-10;1-8(2,3)5-4-6(10)11-12-7(5)9;1-2;/h5-11,13H,12H2,1-4H3,(H,25,30)(H,26,27,29);5-7H,16H2,1-4H3,(H,18,19,21);2-7,9H,8H2,1H3,(H,16,19)(H,17,18);4H,1-3H3,(H2,10,11);1H3;1H4. The molecule has 0 bridgehead atoms. The van der Waals surface area contributed by atoms with Crippen molar-refractivity contribution in [3.05, 3.63) is 170 Å². The van der Waals surface area contributed by atoms with Crippen LogP contribution in [0.25, 0.3) is 0 Å². The van der Waals surface area contributed by atoms with Crippen molar-refractivity contribution in [1.29, 1.82) is 0 Å². The quantitative estimate of drug-likeness (QED) is 0.0497. The van der Waals surface area contributed by atoms with Crippen LogP contribution in [0.1, 0.15) is 180 Å². The highest BCUT2D eigenvalue weighted by atomic mass is 79.9. The summed E-state index contributed by atoms with van der Waals surface area (Å²) in [6.45, 7) is 23.8. The lowest BCUT2D eigenvalue weighted by molar-refractivity contribution is 0.0701. The molecule has 0 aliphatic heterocycles. The molecule has 0 fully saturated rings. The van der Waals surface area contributed by atoms with E-state index in [1.165, 1.54) is 41.3 Å². The molecule has 0 saturated heterocycles. The van der Waals surface area contributed by atoms with Crippen molar-refractivity contribution < 1.29 is 38.6 Å². The number of alkyl halides is 1. The first-order chi connectivity index (χ1) is 41.8. The number of ether oxygens (including phenoxy) is 2.